The largest absolute Gasteiger partial charge is 0.494 e. The summed E-state index contributed by atoms with van der Waals surface area (Å²) in [7, 11) is 1.68. The Hall–Kier alpha value is -1.35. The number of ether oxygens (including phenoxy) is 1. The zero-order chi connectivity index (χ0) is 11.4. The van der Waals surface area contributed by atoms with E-state index >= 15 is 0 Å². The lowest BCUT2D eigenvalue weighted by molar-refractivity contribution is 0.416. The highest BCUT2D eigenvalue weighted by Crippen LogP contribution is 2.30. The molecule has 1 aliphatic rings. The molecule has 3 heteroatoms. The maximum atomic E-state index is 5.31. The summed E-state index contributed by atoms with van der Waals surface area (Å²) in [6, 6.07) is 6.41. The van der Waals surface area contributed by atoms with Crippen LogP contribution in [0.5, 0.6) is 5.75 Å². The van der Waals surface area contributed by atoms with Crippen LogP contribution in [-0.4, -0.2) is 25.9 Å². The fourth-order valence-corrected chi connectivity index (χ4v) is 1.97. The number of benzene rings is 1. The lowest BCUT2D eigenvalue weighted by atomic mass is 10.2. The zero-order valence-corrected chi connectivity index (χ0v) is 9.86. The van der Waals surface area contributed by atoms with Crippen LogP contribution in [0.15, 0.2) is 23.2 Å². The molecule has 0 amide bonds. The first-order valence-corrected chi connectivity index (χ1v) is 5.72. The first-order valence-electron chi connectivity index (χ1n) is 5.72. The van der Waals surface area contributed by atoms with Crippen molar-refractivity contribution in [1.82, 2.24) is 5.32 Å². The Balaban J connectivity index is 2.18. The molecule has 0 radical (unpaired) electrons. The van der Waals surface area contributed by atoms with Gasteiger partial charge in [-0.05, 0) is 37.9 Å². The van der Waals surface area contributed by atoms with E-state index in [-0.39, 0.29) is 0 Å². The van der Waals surface area contributed by atoms with E-state index in [0.29, 0.717) is 6.04 Å². The number of hydrogen-bond donors (Lipinski definition) is 1. The molecular formula is C13H18N2O. The molecule has 1 heterocycles. The van der Waals surface area contributed by atoms with Gasteiger partial charge in [0.1, 0.15) is 11.4 Å². The van der Waals surface area contributed by atoms with Crippen LogP contribution in [0.3, 0.4) is 0 Å². The molecule has 16 heavy (non-hydrogen) atoms. The van der Waals surface area contributed by atoms with Gasteiger partial charge in [0, 0.05) is 12.3 Å². The van der Waals surface area contributed by atoms with Crippen LogP contribution in [0.25, 0.3) is 0 Å². The smallest absolute Gasteiger partial charge is 0.144 e. The van der Waals surface area contributed by atoms with E-state index < -0.39 is 0 Å². The molecule has 1 fully saturated rings. The van der Waals surface area contributed by atoms with Gasteiger partial charge in [0.25, 0.3) is 0 Å². The van der Waals surface area contributed by atoms with Gasteiger partial charge in [-0.3, -0.25) is 4.99 Å². The molecule has 0 saturated carbocycles. The van der Waals surface area contributed by atoms with Gasteiger partial charge in [-0.1, -0.05) is 12.1 Å². The maximum Gasteiger partial charge on any atom is 0.144 e. The molecule has 0 spiro atoms. The number of nitrogens with one attached hydrogen (secondary N) is 1. The predicted octanol–water partition coefficient (Wildman–Crippen LogP) is 2.46. The third kappa shape index (κ3) is 2.42. The van der Waals surface area contributed by atoms with Gasteiger partial charge in [-0.2, -0.15) is 0 Å². The zero-order valence-electron chi connectivity index (χ0n) is 9.86. The summed E-state index contributed by atoms with van der Waals surface area (Å²) in [5.74, 6) is 0.842. The summed E-state index contributed by atoms with van der Waals surface area (Å²) in [4.78, 5) is 4.55. The number of hydrogen-bond acceptors (Lipinski definition) is 3. The quantitative estimate of drug-likeness (QED) is 0.791. The van der Waals surface area contributed by atoms with Crippen molar-refractivity contribution in [3.63, 3.8) is 0 Å². The monoisotopic (exact) mass is 218 g/mol. The van der Waals surface area contributed by atoms with Gasteiger partial charge in [0.05, 0.1) is 7.11 Å². The molecule has 1 unspecified atom stereocenters. The molecule has 2 rings (SSSR count). The summed E-state index contributed by atoms with van der Waals surface area (Å²) in [6.45, 7) is 3.15. The van der Waals surface area contributed by atoms with Crippen LogP contribution < -0.4 is 10.1 Å². The molecule has 1 aromatic carbocycles. The number of methoxy groups -OCH3 is 1. The molecule has 1 aromatic rings. The minimum absolute atomic E-state index is 0.421. The van der Waals surface area contributed by atoms with Crippen molar-refractivity contribution in [1.29, 1.82) is 0 Å². The Labute approximate surface area is 96.5 Å². The van der Waals surface area contributed by atoms with Crippen LogP contribution >= 0.6 is 0 Å². The van der Waals surface area contributed by atoms with Gasteiger partial charge in [-0.15, -0.1) is 0 Å². The van der Waals surface area contributed by atoms with Gasteiger partial charge >= 0.3 is 0 Å². The molecule has 1 atom stereocenters. The second kappa shape index (κ2) is 5.12. The Morgan fingerprint density at radius 3 is 3.06 bits per heavy atom. The van der Waals surface area contributed by atoms with Crippen LogP contribution in [0.1, 0.15) is 18.4 Å². The number of nitrogens with zero attached hydrogens (tertiary/aromatic N) is 1. The highest BCUT2D eigenvalue weighted by molar-refractivity contribution is 5.72. The van der Waals surface area contributed by atoms with E-state index in [9.17, 15) is 0 Å². The molecule has 1 saturated heterocycles. The number of aryl methyl sites for hydroxylation is 1. The highest BCUT2D eigenvalue weighted by Gasteiger charge is 2.11. The molecular weight excluding hydrogens is 200 g/mol. The van der Waals surface area contributed by atoms with E-state index in [4.69, 9.17) is 4.74 Å². The van der Waals surface area contributed by atoms with Gasteiger partial charge < -0.3 is 10.1 Å². The third-order valence-electron chi connectivity index (χ3n) is 2.90. The Morgan fingerprint density at radius 1 is 1.50 bits per heavy atom. The Bertz CT molecular complexity index is 382. The molecule has 86 valence electrons. The average Bonchev–Trinajstić information content (AvgIpc) is 2.80. The molecule has 3 nitrogen and oxygen atoms in total. The van der Waals surface area contributed by atoms with Gasteiger partial charge in [-0.25, -0.2) is 0 Å². The SMILES string of the molecule is COc1cccc(C)c1N=CC1CCCN1. The molecule has 0 bridgehead atoms. The van der Waals surface area contributed by atoms with Gasteiger partial charge in [0.2, 0.25) is 0 Å². The Morgan fingerprint density at radius 2 is 2.38 bits per heavy atom. The predicted molar refractivity (Wildman–Crippen MR) is 66.9 cm³/mol. The van der Waals surface area contributed by atoms with E-state index in [1.807, 2.05) is 18.3 Å². The fraction of sp³-hybridized carbons (Fsp3) is 0.462. The van der Waals surface area contributed by atoms with Crippen molar-refractivity contribution in [2.45, 2.75) is 25.8 Å². The van der Waals surface area contributed by atoms with Crippen molar-refractivity contribution in [2.75, 3.05) is 13.7 Å². The van der Waals surface area contributed by atoms with Crippen molar-refractivity contribution in [2.24, 2.45) is 4.99 Å². The molecule has 1 aliphatic heterocycles. The number of aliphatic imine (C=N–C) groups is 1. The lowest BCUT2D eigenvalue weighted by Gasteiger charge is -2.08. The van der Waals surface area contributed by atoms with Crippen LogP contribution in [0.4, 0.5) is 5.69 Å². The second-order valence-electron chi connectivity index (χ2n) is 4.11. The first-order chi connectivity index (χ1) is 7.81. The minimum atomic E-state index is 0.421. The fourth-order valence-electron chi connectivity index (χ4n) is 1.97. The summed E-state index contributed by atoms with van der Waals surface area (Å²) >= 11 is 0. The normalized spacial score (nSPS) is 20.5. The topological polar surface area (TPSA) is 33.6 Å². The van der Waals surface area contributed by atoms with E-state index in [1.165, 1.54) is 12.8 Å². The average molecular weight is 218 g/mol. The summed E-state index contributed by atoms with van der Waals surface area (Å²) in [6.07, 6.45) is 4.41. The lowest BCUT2D eigenvalue weighted by Crippen LogP contribution is -2.22. The summed E-state index contributed by atoms with van der Waals surface area (Å²) in [5, 5.41) is 3.39. The third-order valence-corrected chi connectivity index (χ3v) is 2.90. The van der Waals surface area contributed by atoms with E-state index in [1.54, 1.807) is 7.11 Å². The van der Waals surface area contributed by atoms with Crippen molar-refractivity contribution < 1.29 is 4.74 Å². The minimum Gasteiger partial charge on any atom is -0.494 e. The number of rotatable bonds is 3. The highest BCUT2D eigenvalue weighted by atomic mass is 16.5. The van der Waals surface area contributed by atoms with Gasteiger partial charge in [0.15, 0.2) is 0 Å². The van der Waals surface area contributed by atoms with Crippen molar-refractivity contribution in [3.05, 3.63) is 23.8 Å². The summed E-state index contributed by atoms with van der Waals surface area (Å²) < 4.78 is 5.31. The van der Waals surface area contributed by atoms with Crippen molar-refractivity contribution in [3.8, 4) is 5.75 Å². The van der Waals surface area contributed by atoms with E-state index in [0.717, 1.165) is 23.5 Å². The van der Waals surface area contributed by atoms with E-state index in [2.05, 4.69) is 23.3 Å². The van der Waals surface area contributed by atoms with Crippen molar-refractivity contribution >= 4 is 11.9 Å². The summed E-state index contributed by atoms with van der Waals surface area (Å²) in [5.41, 5.74) is 2.09. The maximum absolute atomic E-state index is 5.31. The molecule has 1 N–H and O–H groups in total. The molecule has 0 aromatic heterocycles. The van der Waals surface area contributed by atoms with Crippen LogP contribution in [-0.2, 0) is 0 Å². The second-order valence-corrected chi connectivity index (χ2v) is 4.11. The number of para-hydroxylation sites is 1. The van der Waals surface area contributed by atoms with Crippen LogP contribution in [0, 0.1) is 6.92 Å². The Kier molecular flexibility index (Phi) is 3.57. The molecule has 0 aliphatic carbocycles. The first kappa shape index (κ1) is 11.1. The van der Waals surface area contributed by atoms with Crippen LogP contribution in [0.2, 0.25) is 0 Å². The standard InChI is InChI=1S/C13H18N2O/c1-10-5-3-7-12(16-2)13(10)15-9-11-6-4-8-14-11/h3,5,7,9,11,14H,4,6,8H2,1-2H3.